The van der Waals surface area contributed by atoms with Crippen LogP contribution in [0.15, 0.2) is 12.1 Å². The van der Waals surface area contributed by atoms with E-state index in [1.807, 2.05) is 6.92 Å². The Balaban J connectivity index is 2.94. The molecular formula is C12H18ClNO3. The topological polar surface area (TPSA) is 53.7 Å². The first-order valence-corrected chi connectivity index (χ1v) is 5.72. The van der Waals surface area contributed by atoms with Crippen molar-refractivity contribution in [3.63, 3.8) is 0 Å². The van der Waals surface area contributed by atoms with Crippen molar-refractivity contribution in [2.24, 2.45) is 5.73 Å². The van der Waals surface area contributed by atoms with Gasteiger partial charge in [-0.05, 0) is 13.0 Å². The van der Waals surface area contributed by atoms with Crippen molar-refractivity contribution < 1.29 is 14.2 Å². The molecule has 0 aliphatic rings. The van der Waals surface area contributed by atoms with Gasteiger partial charge >= 0.3 is 0 Å². The van der Waals surface area contributed by atoms with E-state index >= 15 is 0 Å². The Morgan fingerprint density at radius 1 is 1.35 bits per heavy atom. The first kappa shape index (κ1) is 14.1. The van der Waals surface area contributed by atoms with Gasteiger partial charge in [0.15, 0.2) is 11.5 Å². The molecule has 1 aromatic rings. The third-order valence-corrected chi connectivity index (χ3v) is 2.62. The largest absolute Gasteiger partial charge is 0.493 e. The second kappa shape index (κ2) is 6.69. The lowest BCUT2D eigenvalue weighted by Gasteiger charge is -2.17. The smallest absolute Gasteiger partial charge is 0.165 e. The normalized spacial score (nSPS) is 12.3. The van der Waals surface area contributed by atoms with Crippen LogP contribution in [0.3, 0.4) is 0 Å². The molecule has 0 amide bonds. The molecule has 0 saturated carbocycles. The van der Waals surface area contributed by atoms with E-state index in [2.05, 4.69) is 0 Å². The van der Waals surface area contributed by atoms with Crippen LogP contribution in [0.5, 0.6) is 11.5 Å². The molecule has 1 unspecified atom stereocenters. The van der Waals surface area contributed by atoms with Gasteiger partial charge in [-0.1, -0.05) is 11.6 Å². The quantitative estimate of drug-likeness (QED) is 0.851. The van der Waals surface area contributed by atoms with Crippen molar-refractivity contribution >= 4 is 11.6 Å². The van der Waals surface area contributed by atoms with Crippen LogP contribution in [0.2, 0.25) is 5.02 Å². The summed E-state index contributed by atoms with van der Waals surface area (Å²) in [6.07, 6.45) is 0.000934. The van der Waals surface area contributed by atoms with Gasteiger partial charge in [-0.25, -0.2) is 0 Å². The Bertz CT molecular complexity index is 346. The SMILES string of the molecule is COc1cc(Cl)cc(CN)c1OCC(C)OC. The maximum atomic E-state index is 5.95. The van der Waals surface area contributed by atoms with Gasteiger partial charge in [0.1, 0.15) is 6.61 Å². The molecule has 0 saturated heterocycles. The van der Waals surface area contributed by atoms with E-state index in [1.54, 1.807) is 26.4 Å². The monoisotopic (exact) mass is 259 g/mol. The molecule has 17 heavy (non-hydrogen) atoms. The van der Waals surface area contributed by atoms with Gasteiger partial charge < -0.3 is 19.9 Å². The summed E-state index contributed by atoms with van der Waals surface area (Å²) >= 11 is 5.95. The molecule has 2 N–H and O–H groups in total. The Labute approximate surface area is 107 Å². The second-order valence-electron chi connectivity index (χ2n) is 3.66. The molecule has 5 heteroatoms. The van der Waals surface area contributed by atoms with Crippen LogP contribution < -0.4 is 15.2 Å². The van der Waals surface area contributed by atoms with E-state index in [0.29, 0.717) is 29.7 Å². The molecule has 0 aromatic heterocycles. The molecule has 1 aromatic carbocycles. The summed E-state index contributed by atoms with van der Waals surface area (Å²) in [5, 5.41) is 0.578. The zero-order valence-electron chi connectivity index (χ0n) is 10.3. The van der Waals surface area contributed by atoms with Crippen LogP contribution in [0, 0.1) is 0 Å². The molecule has 0 spiro atoms. The number of hydrogen-bond donors (Lipinski definition) is 1. The summed E-state index contributed by atoms with van der Waals surface area (Å²) in [6, 6.07) is 3.48. The number of rotatable bonds is 6. The van der Waals surface area contributed by atoms with Crippen LogP contribution in [-0.2, 0) is 11.3 Å². The fourth-order valence-electron chi connectivity index (χ4n) is 1.36. The summed E-state index contributed by atoms with van der Waals surface area (Å²) in [5.41, 5.74) is 6.47. The molecule has 0 radical (unpaired) electrons. The van der Waals surface area contributed by atoms with Crippen LogP contribution in [0.4, 0.5) is 0 Å². The zero-order valence-corrected chi connectivity index (χ0v) is 11.1. The van der Waals surface area contributed by atoms with Gasteiger partial charge in [0.05, 0.1) is 13.2 Å². The van der Waals surface area contributed by atoms with Crippen LogP contribution in [0.25, 0.3) is 0 Å². The summed E-state index contributed by atoms with van der Waals surface area (Å²) in [5.74, 6) is 1.21. The first-order chi connectivity index (χ1) is 8.12. The number of nitrogens with two attached hydrogens (primary N) is 1. The lowest BCUT2D eigenvalue weighted by atomic mass is 10.2. The van der Waals surface area contributed by atoms with Crippen LogP contribution >= 0.6 is 11.6 Å². The minimum atomic E-state index is 0.000934. The van der Waals surface area contributed by atoms with Crippen molar-refractivity contribution in [2.45, 2.75) is 19.6 Å². The number of ether oxygens (including phenoxy) is 3. The number of methoxy groups -OCH3 is 2. The van der Waals surface area contributed by atoms with E-state index in [-0.39, 0.29) is 6.10 Å². The highest BCUT2D eigenvalue weighted by molar-refractivity contribution is 6.30. The molecule has 1 atom stereocenters. The Morgan fingerprint density at radius 3 is 2.59 bits per heavy atom. The Hall–Kier alpha value is -0.970. The van der Waals surface area contributed by atoms with E-state index in [0.717, 1.165) is 5.56 Å². The second-order valence-corrected chi connectivity index (χ2v) is 4.09. The molecule has 4 nitrogen and oxygen atoms in total. The van der Waals surface area contributed by atoms with Gasteiger partial charge in [-0.3, -0.25) is 0 Å². The number of halogens is 1. The molecule has 0 fully saturated rings. The molecule has 0 aliphatic carbocycles. The highest BCUT2D eigenvalue weighted by Crippen LogP contribution is 2.34. The standard InChI is InChI=1S/C12H18ClNO3/c1-8(15-2)7-17-12-9(6-14)4-10(13)5-11(12)16-3/h4-5,8H,6-7,14H2,1-3H3. The fourth-order valence-corrected chi connectivity index (χ4v) is 1.59. The highest BCUT2D eigenvalue weighted by Gasteiger charge is 2.13. The van der Waals surface area contributed by atoms with Crippen molar-refractivity contribution in [2.75, 3.05) is 20.8 Å². The average molecular weight is 260 g/mol. The van der Waals surface area contributed by atoms with Gasteiger partial charge in [-0.15, -0.1) is 0 Å². The molecule has 0 aliphatic heterocycles. The van der Waals surface area contributed by atoms with Gasteiger partial charge in [0, 0.05) is 30.3 Å². The fraction of sp³-hybridized carbons (Fsp3) is 0.500. The van der Waals surface area contributed by atoms with E-state index in [4.69, 9.17) is 31.5 Å². The maximum Gasteiger partial charge on any atom is 0.165 e. The Morgan fingerprint density at radius 2 is 2.06 bits per heavy atom. The van der Waals surface area contributed by atoms with Gasteiger partial charge in [0.2, 0.25) is 0 Å². The third kappa shape index (κ3) is 3.77. The van der Waals surface area contributed by atoms with E-state index < -0.39 is 0 Å². The lowest BCUT2D eigenvalue weighted by molar-refractivity contribution is 0.0702. The molecule has 1 rings (SSSR count). The highest BCUT2D eigenvalue weighted by atomic mass is 35.5. The van der Waals surface area contributed by atoms with Crippen molar-refractivity contribution in [3.05, 3.63) is 22.7 Å². The third-order valence-electron chi connectivity index (χ3n) is 2.40. The zero-order chi connectivity index (χ0) is 12.8. The summed E-state index contributed by atoms with van der Waals surface area (Å²) in [6.45, 7) is 2.69. The van der Waals surface area contributed by atoms with Crippen molar-refractivity contribution in [3.8, 4) is 11.5 Å². The van der Waals surface area contributed by atoms with Gasteiger partial charge in [-0.2, -0.15) is 0 Å². The first-order valence-electron chi connectivity index (χ1n) is 5.34. The molecule has 96 valence electrons. The number of hydrogen-bond acceptors (Lipinski definition) is 4. The Kier molecular flexibility index (Phi) is 5.55. The molecule has 0 heterocycles. The van der Waals surface area contributed by atoms with Crippen LogP contribution in [0.1, 0.15) is 12.5 Å². The molecule has 0 bridgehead atoms. The minimum Gasteiger partial charge on any atom is -0.493 e. The van der Waals surface area contributed by atoms with E-state index in [9.17, 15) is 0 Å². The van der Waals surface area contributed by atoms with E-state index in [1.165, 1.54) is 0 Å². The van der Waals surface area contributed by atoms with Gasteiger partial charge in [0.25, 0.3) is 0 Å². The van der Waals surface area contributed by atoms with Crippen molar-refractivity contribution in [1.29, 1.82) is 0 Å². The number of benzene rings is 1. The average Bonchev–Trinajstić information content (AvgIpc) is 2.35. The summed E-state index contributed by atoms with van der Waals surface area (Å²) < 4.78 is 16.0. The predicted molar refractivity (Wildman–Crippen MR) is 67.9 cm³/mol. The minimum absolute atomic E-state index is 0.000934. The lowest BCUT2D eigenvalue weighted by Crippen LogP contribution is -2.17. The molecular weight excluding hydrogens is 242 g/mol. The van der Waals surface area contributed by atoms with Crippen molar-refractivity contribution in [1.82, 2.24) is 0 Å². The maximum absolute atomic E-state index is 5.95. The van der Waals surface area contributed by atoms with Crippen LogP contribution in [-0.4, -0.2) is 26.9 Å². The predicted octanol–water partition coefficient (Wildman–Crippen LogP) is 2.22. The summed E-state index contributed by atoms with van der Waals surface area (Å²) in [4.78, 5) is 0. The summed E-state index contributed by atoms with van der Waals surface area (Å²) in [7, 11) is 3.20.